The molecule has 1 saturated heterocycles. The fourth-order valence-corrected chi connectivity index (χ4v) is 3.36. The van der Waals surface area contributed by atoms with Gasteiger partial charge in [0, 0.05) is 24.5 Å². The molecule has 158 valence electrons. The summed E-state index contributed by atoms with van der Waals surface area (Å²) in [6, 6.07) is 0. The second-order valence-corrected chi connectivity index (χ2v) is 7.70. The van der Waals surface area contributed by atoms with Crippen LogP contribution in [0.15, 0.2) is 47.6 Å². The molecule has 0 spiro atoms. The van der Waals surface area contributed by atoms with Gasteiger partial charge in [-0.2, -0.15) is 0 Å². The maximum atomic E-state index is 12.4. The van der Waals surface area contributed by atoms with Crippen LogP contribution >= 0.6 is 0 Å². The third-order valence-corrected chi connectivity index (χ3v) is 5.09. The maximum absolute atomic E-state index is 12.4. The second-order valence-electron chi connectivity index (χ2n) is 7.70. The van der Waals surface area contributed by atoms with Crippen LogP contribution in [-0.2, 0) is 28.6 Å². The zero-order valence-electron chi connectivity index (χ0n) is 17.4. The number of carbonyl (C=O) groups excluding carboxylic acids is 3. The number of hydrogen-bond acceptors (Lipinski definition) is 7. The van der Waals surface area contributed by atoms with Gasteiger partial charge < -0.3 is 19.3 Å². The van der Waals surface area contributed by atoms with Crippen molar-refractivity contribution in [3.05, 3.63) is 47.6 Å². The number of carbonyl (C=O) groups is 3. The fourth-order valence-electron chi connectivity index (χ4n) is 3.36. The normalized spacial score (nSPS) is 32.8. The van der Waals surface area contributed by atoms with Crippen molar-refractivity contribution in [3.8, 4) is 0 Å². The first kappa shape index (κ1) is 22.6. The Bertz CT molecular complexity index is 800. The van der Waals surface area contributed by atoms with Crippen molar-refractivity contribution in [1.29, 1.82) is 0 Å². The van der Waals surface area contributed by atoms with Gasteiger partial charge in [0.2, 0.25) is 0 Å². The van der Waals surface area contributed by atoms with E-state index in [9.17, 15) is 19.5 Å². The van der Waals surface area contributed by atoms with Crippen molar-refractivity contribution in [1.82, 2.24) is 0 Å². The van der Waals surface area contributed by atoms with E-state index in [0.717, 1.165) is 0 Å². The van der Waals surface area contributed by atoms with Gasteiger partial charge in [-0.15, -0.1) is 0 Å². The van der Waals surface area contributed by atoms with Crippen molar-refractivity contribution in [2.24, 2.45) is 5.92 Å². The molecule has 1 aliphatic heterocycles. The minimum absolute atomic E-state index is 0.00272. The van der Waals surface area contributed by atoms with Crippen LogP contribution in [0.1, 0.15) is 41.0 Å². The lowest BCUT2D eigenvalue weighted by Gasteiger charge is -2.32. The van der Waals surface area contributed by atoms with Crippen LogP contribution < -0.4 is 0 Å². The molecule has 0 saturated carbocycles. The average Bonchev–Trinajstić information content (AvgIpc) is 2.89. The van der Waals surface area contributed by atoms with E-state index in [1.807, 2.05) is 0 Å². The molecule has 0 radical (unpaired) electrons. The largest absolute Gasteiger partial charge is 0.458 e. The standard InChI is InChI=1S/C22H28O7/c1-7-12(2)20(24)29-18-11-22(6,26)9-8-16(27-15(5)23)13(3)10-17-19(18)14(4)21(25)28-17/h7-10,16-19,26H,4,11H2,1-3,5-6H3. The number of fused-ring (bicyclic) bond motifs is 1. The lowest BCUT2D eigenvalue weighted by molar-refractivity contribution is -0.150. The molecule has 5 atom stereocenters. The zero-order chi connectivity index (χ0) is 21.9. The number of hydrogen-bond donors (Lipinski definition) is 1. The Morgan fingerprint density at radius 3 is 2.59 bits per heavy atom. The highest BCUT2D eigenvalue weighted by Gasteiger charge is 2.46. The average molecular weight is 404 g/mol. The molecule has 5 unspecified atom stereocenters. The first-order valence-electron chi connectivity index (χ1n) is 9.46. The Kier molecular flexibility index (Phi) is 6.85. The monoisotopic (exact) mass is 404 g/mol. The highest BCUT2D eigenvalue weighted by Crippen LogP contribution is 2.37. The molecule has 29 heavy (non-hydrogen) atoms. The SMILES string of the molecule is C=C1C(=O)OC2C=C(C)C(OC(C)=O)C=CC(C)(O)CC(OC(=O)C(C)=CC)C12. The molecule has 1 heterocycles. The van der Waals surface area contributed by atoms with Gasteiger partial charge in [0.05, 0.1) is 11.5 Å². The summed E-state index contributed by atoms with van der Waals surface area (Å²) in [6.07, 6.45) is 4.02. The lowest BCUT2D eigenvalue weighted by atomic mass is 9.82. The zero-order valence-corrected chi connectivity index (χ0v) is 17.4. The summed E-state index contributed by atoms with van der Waals surface area (Å²) in [5.74, 6) is -2.30. The molecule has 0 aromatic heterocycles. The van der Waals surface area contributed by atoms with E-state index in [1.165, 1.54) is 13.0 Å². The van der Waals surface area contributed by atoms with E-state index in [0.29, 0.717) is 11.1 Å². The van der Waals surface area contributed by atoms with E-state index in [4.69, 9.17) is 14.2 Å². The van der Waals surface area contributed by atoms with E-state index < -0.39 is 47.7 Å². The Labute approximate surface area is 170 Å². The van der Waals surface area contributed by atoms with E-state index in [-0.39, 0.29) is 12.0 Å². The molecular formula is C22H28O7. The van der Waals surface area contributed by atoms with Crippen LogP contribution in [0.3, 0.4) is 0 Å². The number of rotatable bonds is 3. The summed E-state index contributed by atoms with van der Waals surface area (Å²) in [5.41, 5.74) is -0.214. The Morgan fingerprint density at radius 2 is 2.00 bits per heavy atom. The van der Waals surface area contributed by atoms with E-state index in [1.54, 1.807) is 45.9 Å². The van der Waals surface area contributed by atoms with Gasteiger partial charge in [-0.3, -0.25) is 4.79 Å². The summed E-state index contributed by atoms with van der Waals surface area (Å²) < 4.78 is 16.4. The van der Waals surface area contributed by atoms with Gasteiger partial charge in [-0.1, -0.05) is 18.7 Å². The minimum atomic E-state index is -1.40. The first-order chi connectivity index (χ1) is 13.4. The van der Waals surface area contributed by atoms with Crippen molar-refractivity contribution in [3.63, 3.8) is 0 Å². The third-order valence-electron chi connectivity index (χ3n) is 5.09. The summed E-state index contributed by atoms with van der Waals surface area (Å²) in [7, 11) is 0. The molecule has 1 N–H and O–H groups in total. The van der Waals surface area contributed by atoms with Crippen LogP contribution in [0.4, 0.5) is 0 Å². The topological polar surface area (TPSA) is 99.1 Å². The quantitative estimate of drug-likeness (QED) is 0.334. The molecule has 2 aliphatic rings. The number of esters is 3. The molecule has 0 amide bonds. The highest BCUT2D eigenvalue weighted by atomic mass is 16.6. The van der Waals surface area contributed by atoms with Crippen LogP contribution in [0.2, 0.25) is 0 Å². The molecule has 0 aromatic carbocycles. The molecule has 7 nitrogen and oxygen atoms in total. The van der Waals surface area contributed by atoms with Gasteiger partial charge in [-0.05, 0) is 45.4 Å². The van der Waals surface area contributed by atoms with Crippen LogP contribution in [0.25, 0.3) is 0 Å². The van der Waals surface area contributed by atoms with Gasteiger partial charge in [0.25, 0.3) is 0 Å². The molecular weight excluding hydrogens is 376 g/mol. The lowest BCUT2D eigenvalue weighted by Crippen LogP contribution is -2.40. The second kappa shape index (κ2) is 8.78. The Hall–Kier alpha value is -2.67. The predicted molar refractivity (Wildman–Crippen MR) is 106 cm³/mol. The summed E-state index contributed by atoms with van der Waals surface area (Å²) in [6.45, 7) is 11.7. The van der Waals surface area contributed by atoms with Crippen LogP contribution in [-0.4, -0.2) is 46.9 Å². The predicted octanol–water partition coefficient (Wildman–Crippen LogP) is 2.55. The summed E-state index contributed by atoms with van der Waals surface area (Å²) in [4.78, 5) is 36.1. The van der Waals surface area contributed by atoms with Crippen molar-refractivity contribution < 1.29 is 33.7 Å². The van der Waals surface area contributed by atoms with Crippen molar-refractivity contribution in [2.75, 3.05) is 0 Å². The van der Waals surface area contributed by atoms with Crippen LogP contribution in [0.5, 0.6) is 0 Å². The summed E-state index contributed by atoms with van der Waals surface area (Å²) in [5, 5.41) is 10.9. The molecule has 2 rings (SSSR count). The number of ether oxygens (including phenoxy) is 3. The highest BCUT2D eigenvalue weighted by molar-refractivity contribution is 5.92. The molecule has 0 bridgehead atoms. The van der Waals surface area contributed by atoms with Crippen molar-refractivity contribution >= 4 is 17.9 Å². The maximum Gasteiger partial charge on any atom is 0.334 e. The van der Waals surface area contributed by atoms with Gasteiger partial charge >= 0.3 is 17.9 Å². The number of allylic oxidation sites excluding steroid dienone is 1. The van der Waals surface area contributed by atoms with Crippen LogP contribution in [0, 0.1) is 5.92 Å². The number of aliphatic hydroxyl groups is 1. The van der Waals surface area contributed by atoms with Gasteiger partial charge in [0.15, 0.2) is 0 Å². The smallest absolute Gasteiger partial charge is 0.334 e. The van der Waals surface area contributed by atoms with Crippen molar-refractivity contribution in [2.45, 2.75) is 65.0 Å². The molecule has 0 aromatic rings. The van der Waals surface area contributed by atoms with E-state index in [2.05, 4.69) is 6.58 Å². The molecule has 7 heteroatoms. The van der Waals surface area contributed by atoms with Gasteiger partial charge in [-0.25, -0.2) is 9.59 Å². The first-order valence-corrected chi connectivity index (χ1v) is 9.46. The Morgan fingerprint density at radius 1 is 1.34 bits per heavy atom. The molecule has 1 fully saturated rings. The third kappa shape index (κ3) is 5.44. The molecule has 1 aliphatic carbocycles. The minimum Gasteiger partial charge on any atom is -0.458 e. The Balaban J connectivity index is 2.51. The van der Waals surface area contributed by atoms with Gasteiger partial charge in [0.1, 0.15) is 18.3 Å². The summed E-state index contributed by atoms with van der Waals surface area (Å²) >= 11 is 0. The fraction of sp³-hybridized carbons (Fsp3) is 0.500. The van der Waals surface area contributed by atoms with E-state index >= 15 is 0 Å².